The van der Waals surface area contributed by atoms with E-state index in [1.54, 1.807) is 11.3 Å². The molecular formula is C10H17ClN2S. The molecule has 1 heterocycles. The summed E-state index contributed by atoms with van der Waals surface area (Å²) in [6.45, 7) is 3.21. The molecule has 0 aliphatic carbocycles. The van der Waals surface area contributed by atoms with Crippen molar-refractivity contribution in [1.29, 1.82) is 0 Å². The monoisotopic (exact) mass is 232 g/mol. The molecule has 14 heavy (non-hydrogen) atoms. The highest BCUT2D eigenvalue weighted by molar-refractivity contribution is 7.13. The van der Waals surface area contributed by atoms with Crippen LogP contribution >= 0.6 is 22.9 Å². The molecule has 0 radical (unpaired) electrons. The van der Waals surface area contributed by atoms with Crippen LogP contribution in [-0.4, -0.2) is 17.4 Å². The normalized spacial score (nSPS) is 12.7. The minimum atomic E-state index is 0.682. The van der Waals surface area contributed by atoms with Crippen molar-refractivity contribution < 1.29 is 0 Å². The Kier molecular flexibility index (Phi) is 5.96. The SMILES string of the molecule is CCCC(CCCl)CNc1nccs1. The summed E-state index contributed by atoms with van der Waals surface area (Å²) in [4.78, 5) is 4.18. The number of hydrogen-bond acceptors (Lipinski definition) is 3. The van der Waals surface area contributed by atoms with E-state index in [4.69, 9.17) is 11.6 Å². The van der Waals surface area contributed by atoms with Gasteiger partial charge in [0, 0.05) is 24.0 Å². The maximum absolute atomic E-state index is 5.75. The highest BCUT2D eigenvalue weighted by Gasteiger charge is 2.07. The molecule has 4 heteroatoms. The lowest BCUT2D eigenvalue weighted by molar-refractivity contribution is 0.490. The molecule has 0 saturated carbocycles. The lowest BCUT2D eigenvalue weighted by Crippen LogP contribution is -2.14. The van der Waals surface area contributed by atoms with Crippen molar-refractivity contribution in [2.24, 2.45) is 5.92 Å². The number of thiazole rings is 1. The molecule has 0 aliphatic heterocycles. The lowest BCUT2D eigenvalue weighted by atomic mass is 10.0. The number of aromatic nitrogens is 1. The van der Waals surface area contributed by atoms with Gasteiger partial charge in [-0.15, -0.1) is 22.9 Å². The van der Waals surface area contributed by atoms with Crippen LogP contribution < -0.4 is 5.32 Å². The number of alkyl halides is 1. The number of nitrogens with zero attached hydrogens (tertiary/aromatic N) is 1. The Bertz CT molecular complexity index is 220. The second-order valence-corrected chi connectivity index (χ2v) is 4.62. The number of hydrogen-bond donors (Lipinski definition) is 1. The Balaban J connectivity index is 2.25. The molecule has 1 atom stereocenters. The van der Waals surface area contributed by atoms with Crippen molar-refractivity contribution in [1.82, 2.24) is 4.98 Å². The van der Waals surface area contributed by atoms with Crippen molar-refractivity contribution in [3.05, 3.63) is 11.6 Å². The third-order valence-electron chi connectivity index (χ3n) is 2.19. The number of anilines is 1. The average molecular weight is 233 g/mol. The first-order valence-electron chi connectivity index (χ1n) is 5.06. The second-order valence-electron chi connectivity index (χ2n) is 3.35. The van der Waals surface area contributed by atoms with Crippen molar-refractivity contribution in [2.45, 2.75) is 26.2 Å². The van der Waals surface area contributed by atoms with Gasteiger partial charge in [-0.25, -0.2) is 4.98 Å². The van der Waals surface area contributed by atoms with E-state index in [1.807, 2.05) is 11.6 Å². The molecule has 2 nitrogen and oxygen atoms in total. The lowest BCUT2D eigenvalue weighted by Gasteiger charge is -2.14. The Morgan fingerprint density at radius 1 is 1.57 bits per heavy atom. The standard InChI is InChI=1S/C10H17ClN2S/c1-2-3-9(4-5-11)8-13-10-12-6-7-14-10/h6-7,9H,2-5,8H2,1H3,(H,12,13). The van der Waals surface area contributed by atoms with E-state index >= 15 is 0 Å². The molecule has 1 unspecified atom stereocenters. The highest BCUT2D eigenvalue weighted by atomic mass is 35.5. The number of rotatable bonds is 7. The van der Waals surface area contributed by atoms with E-state index in [0.717, 1.165) is 24.0 Å². The largest absolute Gasteiger partial charge is 0.361 e. The van der Waals surface area contributed by atoms with Gasteiger partial charge >= 0.3 is 0 Å². The molecule has 0 aliphatic rings. The molecule has 1 rings (SSSR count). The zero-order chi connectivity index (χ0) is 10.2. The van der Waals surface area contributed by atoms with Crippen LogP contribution in [0.5, 0.6) is 0 Å². The molecule has 1 aromatic rings. The molecular weight excluding hydrogens is 216 g/mol. The average Bonchev–Trinajstić information content (AvgIpc) is 2.67. The van der Waals surface area contributed by atoms with Crippen LogP contribution in [0, 0.1) is 5.92 Å². The molecule has 0 spiro atoms. The van der Waals surface area contributed by atoms with Gasteiger partial charge in [0.05, 0.1) is 0 Å². The van der Waals surface area contributed by atoms with Gasteiger partial charge in [-0.05, 0) is 18.8 Å². The summed E-state index contributed by atoms with van der Waals surface area (Å²) >= 11 is 7.40. The summed E-state index contributed by atoms with van der Waals surface area (Å²) in [6.07, 6.45) is 5.38. The van der Waals surface area contributed by atoms with Crippen LogP contribution in [0.4, 0.5) is 5.13 Å². The van der Waals surface area contributed by atoms with Gasteiger partial charge in [-0.1, -0.05) is 13.3 Å². The molecule has 1 aromatic heterocycles. The molecule has 0 bridgehead atoms. The van der Waals surface area contributed by atoms with Crippen LogP contribution in [0.1, 0.15) is 26.2 Å². The van der Waals surface area contributed by atoms with E-state index in [9.17, 15) is 0 Å². The molecule has 80 valence electrons. The van der Waals surface area contributed by atoms with Crippen molar-refractivity contribution >= 4 is 28.1 Å². The number of nitrogens with one attached hydrogen (secondary N) is 1. The summed E-state index contributed by atoms with van der Waals surface area (Å²) in [5.41, 5.74) is 0. The molecule has 1 N–H and O–H groups in total. The topological polar surface area (TPSA) is 24.9 Å². The first-order valence-corrected chi connectivity index (χ1v) is 6.47. The maximum Gasteiger partial charge on any atom is 0.182 e. The third kappa shape index (κ3) is 4.29. The van der Waals surface area contributed by atoms with Gasteiger partial charge in [-0.2, -0.15) is 0 Å². The zero-order valence-electron chi connectivity index (χ0n) is 8.50. The van der Waals surface area contributed by atoms with E-state index in [0.29, 0.717) is 5.92 Å². The Morgan fingerprint density at radius 3 is 3.00 bits per heavy atom. The van der Waals surface area contributed by atoms with Crippen LogP contribution in [0.2, 0.25) is 0 Å². The van der Waals surface area contributed by atoms with E-state index in [-0.39, 0.29) is 0 Å². The van der Waals surface area contributed by atoms with E-state index in [1.165, 1.54) is 12.8 Å². The van der Waals surface area contributed by atoms with Crippen molar-refractivity contribution in [3.63, 3.8) is 0 Å². The van der Waals surface area contributed by atoms with Crippen molar-refractivity contribution in [2.75, 3.05) is 17.7 Å². The van der Waals surface area contributed by atoms with Gasteiger partial charge in [0.15, 0.2) is 5.13 Å². The van der Waals surface area contributed by atoms with Crippen LogP contribution in [-0.2, 0) is 0 Å². The number of halogens is 1. The summed E-state index contributed by atoms with van der Waals surface area (Å²) in [5, 5.41) is 6.34. The Labute approximate surface area is 94.7 Å². The Hall–Kier alpha value is -0.280. The van der Waals surface area contributed by atoms with Gasteiger partial charge in [-0.3, -0.25) is 0 Å². The minimum Gasteiger partial charge on any atom is -0.361 e. The molecule has 0 aromatic carbocycles. The third-order valence-corrected chi connectivity index (χ3v) is 3.14. The maximum atomic E-state index is 5.75. The predicted molar refractivity (Wildman–Crippen MR) is 64.3 cm³/mol. The zero-order valence-corrected chi connectivity index (χ0v) is 10.1. The summed E-state index contributed by atoms with van der Waals surface area (Å²) in [5.74, 6) is 1.44. The van der Waals surface area contributed by atoms with Crippen LogP contribution in [0.3, 0.4) is 0 Å². The van der Waals surface area contributed by atoms with Gasteiger partial charge in [0.1, 0.15) is 0 Å². The van der Waals surface area contributed by atoms with E-state index < -0.39 is 0 Å². The van der Waals surface area contributed by atoms with E-state index in [2.05, 4.69) is 17.2 Å². The fourth-order valence-corrected chi connectivity index (χ4v) is 2.30. The quantitative estimate of drug-likeness (QED) is 0.727. The Morgan fingerprint density at radius 2 is 2.43 bits per heavy atom. The fourth-order valence-electron chi connectivity index (χ4n) is 1.45. The fraction of sp³-hybridized carbons (Fsp3) is 0.700. The second kappa shape index (κ2) is 7.07. The summed E-state index contributed by atoms with van der Waals surface area (Å²) < 4.78 is 0. The van der Waals surface area contributed by atoms with Gasteiger partial charge < -0.3 is 5.32 Å². The molecule has 0 fully saturated rings. The molecule has 0 saturated heterocycles. The smallest absolute Gasteiger partial charge is 0.182 e. The van der Waals surface area contributed by atoms with Crippen LogP contribution in [0.25, 0.3) is 0 Å². The first-order chi connectivity index (χ1) is 6.86. The van der Waals surface area contributed by atoms with Crippen LogP contribution in [0.15, 0.2) is 11.6 Å². The highest BCUT2D eigenvalue weighted by Crippen LogP contribution is 2.15. The predicted octanol–water partition coefficient (Wildman–Crippen LogP) is 3.60. The summed E-state index contributed by atoms with van der Waals surface area (Å²) in [7, 11) is 0. The first kappa shape index (κ1) is 11.8. The van der Waals surface area contributed by atoms with Crippen molar-refractivity contribution in [3.8, 4) is 0 Å². The van der Waals surface area contributed by atoms with Gasteiger partial charge in [0.25, 0.3) is 0 Å². The molecule has 0 amide bonds. The summed E-state index contributed by atoms with van der Waals surface area (Å²) in [6, 6.07) is 0. The van der Waals surface area contributed by atoms with Gasteiger partial charge in [0.2, 0.25) is 0 Å². The minimum absolute atomic E-state index is 0.682.